The van der Waals surface area contributed by atoms with Crippen molar-refractivity contribution < 1.29 is 22.9 Å². The number of rotatable bonds is 4. The van der Waals surface area contributed by atoms with Crippen LogP contribution in [0.2, 0.25) is 0 Å². The van der Waals surface area contributed by atoms with Crippen LogP contribution >= 0.6 is 0 Å². The summed E-state index contributed by atoms with van der Waals surface area (Å²) in [5.74, 6) is -2.06. The van der Waals surface area contributed by atoms with Crippen molar-refractivity contribution in [3.8, 4) is 0 Å². The summed E-state index contributed by atoms with van der Waals surface area (Å²) in [5, 5.41) is 2.58. The minimum atomic E-state index is -1.65. The quantitative estimate of drug-likeness (QED) is 0.623. The Bertz CT molecular complexity index is 682. The number of hydrogen-bond donors (Lipinski definition) is 1. The summed E-state index contributed by atoms with van der Waals surface area (Å²) in [4.78, 5) is 12.0. The Balaban J connectivity index is 3.21. The molecule has 0 spiro atoms. The predicted molar refractivity (Wildman–Crippen MR) is 99.6 cm³/mol. The third-order valence-corrected chi connectivity index (χ3v) is 4.47. The predicted octanol–water partition coefficient (Wildman–Crippen LogP) is 4.13. The maximum absolute atomic E-state index is 13.6. The molecule has 5 nitrogen and oxygen atoms in total. The molecule has 0 aliphatic carbocycles. The molecule has 0 fully saturated rings. The van der Waals surface area contributed by atoms with Gasteiger partial charge in [-0.15, -0.1) is 0 Å². The number of nitrogens with one attached hydrogen (secondary N) is 1. The number of ether oxygens (including phenoxy) is 1. The number of benzene rings is 1. The van der Waals surface area contributed by atoms with Crippen molar-refractivity contribution in [2.24, 2.45) is 4.40 Å². The van der Waals surface area contributed by atoms with E-state index >= 15 is 0 Å². The van der Waals surface area contributed by atoms with Crippen LogP contribution in [0.25, 0.3) is 0 Å². The van der Waals surface area contributed by atoms with Crippen LogP contribution in [0.3, 0.4) is 0 Å². The van der Waals surface area contributed by atoms with E-state index in [4.69, 9.17) is 4.74 Å². The minimum Gasteiger partial charge on any atom is -0.591 e. The van der Waals surface area contributed by atoms with E-state index in [-0.39, 0.29) is 11.3 Å². The second kappa shape index (κ2) is 8.35. The molecule has 146 valence electrons. The van der Waals surface area contributed by atoms with Crippen LogP contribution < -0.4 is 5.32 Å². The van der Waals surface area contributed by atoms with Gasteiger partial charge in [-0.3, -0.25) is 0 Å². The molecule has 0 aliphatic rings. The fourth-order valence-corrected chi connectivity index (χ4v) is 2.53. The van der Waals surface area contributed by atoms with Crippen LogP contribution in [0.4, 0.5) is 13.6 Å². The zero-order valence-electron chi connectivity index (χ0n) is 16.1. The summed E-state index contributed by atoms with van der Waals surface area (Å²) in [6, 6.07) is 2.51. The highest BCUT2D eigenvalue weighted by atomic mass is 32.2. The molecule has 8 heteroatoms. The molecule has 1 aromatic rings. The van der Waals surface area contributed by atoms with Crippen molar-refractivity contribution in [2.45, 2.75) is 64.9 Å². The fourth-order valence-electron chi connectivity index (χ4n) is 1.82. The molecule has 26 heavy (non-hydrogen) atoms. The normalized spacial score (nSPS) is 15.4. The van der Waals surface area contributed by atoms with Gasteiger partial charge in [0.2, 0.25) is 0 Å². The second-order valence-corrected chi connectivity index (χ2v) is 9.74. The molecule has 2 atom stereocenters. The highest BCUT2D eigenvalue weighted by Crippen LogP contribution is 2.20. The van der Waals surface area contributed by atoms with Gasteiger partial charge in [0.1, 0.15) is 27.4 Å². The summed E-state index contributed by atoms with van der Waals surface area (Å²) >= 11 is -1.65. The lowest BCUT2D eigenvalue weighted by molar-refractivity contribution is 0.0521. The van der Waals surface area contributed by atoms with Crippen molar-refractivity contribution in [3.63, 3.8) is 0 Å². The first-order valence-corrected chi connectivity index (χ1v) is 9.27. The average molecular weight is 388 g/mol. The van der Waals surface area contributed by atoms with Crippen LogP contribution in [-0.4, -0.2) is 32.7 Å². The van der Waals surface area contributed by atoms with Gasteiger partial charge in [-0.1, -0.05) is 4.40 Å². The Morgan fingerprint density at radius 2 is 1.77 bits per heavy atom. The molecule has 1 amide bonds. The highest BCUT2D eigenvalue weighted by molar-refractivity contribution is 7.91. The maximum atomic E-state index is 13.6. The monoisotopic (exact) mass is 388 g/mol. The molecule has 0 aromatic heterocycles. The molecule has 0 saturated heterocycles. The van der Waals surface area contributed by atoms with Crippen molar-refractivity contribution in [1.82, 2.24) is 5.32 Å². The number of halogens is 2. The van der Waals surface area contributed by atoms with Gasteiger partial charge >= 0.3 is 6.09 Å². The summed E-state index contributed by atoms with van der Waals surface area (Å²) in [5.41, 5.74) is -0.301. The largest absolute Gasteiger partial charge is 0.591 e. The Hall–Kier alpha value is -1.67. The maximum Gasteiger partial charge on any atom is 0.408 e. The molecule has 1 N–H and O–H groups in total. The lowest BCUT2D eigenvalue weighted by Gasteiger charge is -2.24. The summed E-state index contributed by atoms with van der Waals surface area (Å²) < 4.78 is 48.0. The number of carbonyl (C=O) groups is 1. The average Bonchev–Trinajstić information content (AvgIpc) is 2.44. The molecule has 0 heterocycles. The SMILES string of the molecule is C[C@H](NC(=O)OC(C)(C)C)/C(=N/[S+]([O-])C(C)(C)C)c1ccc(F)c(F)c1. The molecular formula is C18H26F2N2O3S. The zero-order valence-corrected chi connectivity index (χ0v) is 17.0. The second-order valence-electron chi connectivity index (χ2n) is 7.83. The summed E-state index contributed by atoms with van der Waals surface area (Å²) in [6.07, 6.45) is -0.693. The van der Waals surface area contributed by atoms with Gasteiger partial charge in [0.05, 0.1) is 6.04 Å². The smallest absolute Gasteiger partial charge is 0.408 e. The Kier molecular flexibility index (Phi) is 7.18. The number of amides is 1. The third kappa shape index (κ3) is 6.92. The number of alkyl carbamates (subject to hydrolysis) is 1. The van der Waals surface area contributed by atoms with Crippen molar-refractivity contribution in [3.05, 3.63) is 35.4 Å². The first-order chi connectivity index (χ1) is 11.7. The standard InChI is InChI=1S/C18H26F2N2O3S/c1-11(21-16(23)25-17(2,3)4)15(22-26(24)18(5,6)7)12-8-9-13(19)14(20)10-12/h8-11H,1-7H3,(H,21,23)/b22-15-/t11-,26?/m0/s1. The molecule has 0 saturated carbocycles. The summed E-state index contributed by atoms with van der Waals surface area (Å²) in [7, 11) is 0. The van der Waals surface area contributed by atoms with E-state index in [1.165, 1.54) is 6.07 Å². The van der Waals surface area contributed by atoms with E-state index in [9.17, 15) is 18.1 Å². The lowest BCUT2D eigenvalue weighted by Crippen LogP contribution is -2.43. The van der Waals surface area contributed by atoms with Crippen LogP contribution in [0, 0.1) is 11.6 Å². The van der Waals surface area contributed by atoms with E-state index in [1.807, 2.05) is 0 Å². The van der Waals surface area contributed by atoms with Crippen LogP contribution in [0.1, 0.15) is 54.0 Å². The van der Waals surface area contributed by atoms with Crippen molar-refractivity contribution >= 4 is 23.2 Å². The molecule has 1 rings (SSSR count). The first kappa shape index (κ1) is 22.4. The highest BCUT2D eigenvalue weighted by Gasteiger charge is 2.30. The van der Waals surface area contributed by atoms with Crippen LogP contribution in [0.15, 0.2) is 22.6 Å². The van der Waals surface area contributed by atoms with Crippen LogP contribution in [0.5, 0.6) is 0 Å². The number of hydrogen-bond acceptors (Lipinski definition) is 4. The van der Waals surface area contributed by atoms with Crippen molar-refractivity contribution in [1.29, 1.82) is 0 Å². The van der Waals surface area contributed by atoms with Crippen molar-refractivity contribution in [2.75, 3.05) is 0 Å². The molecule has 0 radical (unpaired) electrons. The van der Waals surface area contributed by atoms with Gasteiger partial charge in [0, 0.05) is 5.56 Å². The van der Waals surface area contributed by atoms with Gasteiger partial charge in [-0.25, -0.2) is 13.6 Å². The minimum absolute atomic E-state index is 0.169. The first-order valence-electron chi connectivity index (χ1n) is 8.16. The van der Waals surface area contributed by atoms with Crippen LogP contribution in [-0.2, 0) is 16.1 Å². The zero-order chi connectivity index (χ0) is 20.3. The van der Waals surface area contributed by atoms with E-state index in [0.29, 0.717) is 0 Å². The summed E-state index contributed by atoms with van der Waals surface area (Å²) in [6.45, 7) is 12.0. The molecule has 1 unspecified atom stereocenters. The number of carbonyl (C=O) groups excluding carboxylic acids is 1. The van der Waals surface area contributed by atoms with E-state index < -0.39 is 45.5 Å². The van der Waals surface area contributed by atoms with Gasteiger partial charge in [-0.05, 0) is 66.7 Å². The Labute approximate surface area is 156 Å². The van der Waals surface area contributed by atoms with E-state index in [0.717, 1.165) is 12.1 Å². The lowest BCUT2D eigenvalue weighted by atomic mass is 10.0. The van der Waals surface area contributed by atoms with E-state index in [2.05, 4.69) is 9.71 Å². The number of nitrogens with zero attached hydrogens (tertiary/aromatic N) is 1. The topological polar surface area (TPSA) is 73.8 Å². The molecular weight excluding hydrogens is 362 g/mol. The fraction of sp³-hybridized carbons (Fsp3) is 0.556. The van der Waals surface area contributed by atoms with Gasteiger partial charge in [-0.2, -0.15) is 0 Å². The van der Waals surface area contributed by atoms with E-state index in [1.54, 1.807) is 48.5 Å². The third-order valence-electron chi connectivity index (χ3n) is 3.06. The molecule has 0 bridgehead atoms. The van der Waals surface area contributed by atoms with Gasteiger partial charge in [0.25, 0.3) is 0 Å². The van der Waals surface area contributed by atoms with Gasteiger partial charge in [0.15, 0.2) is 11.6 Å². The van der Waals surface area contributed by atoms with Gasteiger partial charge < -0.3 is 14.6 Å². The molecule has 1 aromatic carbocycles. The molecule has 0 aliphatic heterocycles. The Morgan fingerprint density at radius 3 is 2.23 bits per heavy atom. The Morgan fingerprint density at radius 1 is 1.19 bits per heavy atom.